The molecule has 2 N–H and O–H groups in total. The van der Waals surface area contributed by atoms with Crippen LogP contribution < -0.4 is 5.73 Å². The van der Waals surface area contributed by atoms with E-state index in [1.165, 1.54) is 12.1 Å². The van der Waals surface area contributed by atoms with E-state index in [1.807, 2.05) is 0 Å². The van der Waals surface area contributed by atoms with Crippen LogP contribution in [-0.4, -0.2) is 33.5 Å². The Morgan fingerprint density at radius 1 is 1.14 bits per heavy atom. The molecule has 0 aliphatic rings. The summed E-state index contributed by atoms with van der Waals surface area (Å²) in [5.41, 5.74) is 6.06. The Balaban J connectivity index is 1.86. The summed E-state index contributed by atoms with van der Waals surface area (Å²) in [6.45, 7) is 3.14. The smallest absolute Gasteiger partial charge is 0.358 e. The van der Waals surface area contributed by atoms with Gasteiger partial charge in [0.1, 0.15) is 22.3 Å². The number of aryl methyl sites for hydroxylation is 1. The number of furan rings is 1. The number of anilines is 1. The Hall–Kier alpha value is -2.91. The third kappa shape index (κ3) is 3.85. The summed E-state index contributed by atoms with van der Waals surface area (Å²) in [6, 6.07) is 2.87. The molecule has 0 fully saturated rings. The molecule has 0 saturated heterocycles. The van der Waals surface area contributed by atoms with Crippen molar-refractivity contribution in [2.75, 3.05) is 12.3 Å². The van der Waals surface area contributed by atoms with Crippen molar-refractivity contribution in [3.8, 4) is 0 Å². The minimum absolute atomic E-state index is 0.00475. The van der Waals surface area contributed by atoms with Crippen molar-refractivity contribution in [3.63, 3.8) is 0 Å². The van der Waals surface area contributed by atoms with Crippen LogP contribution in [0.1, 0.15) is 39.4 Å². The lowest BCUT2D eigenvalue weighted by Gasteiger charge is -2.06. The van der Waals surface area contributed by atoms with Gasteiger partial charge < -0.3 is 19.6 Å². The molecule has 3 aromatic heterocycles. The van der Waals surface area contributed by atoms with Gasteiger partial charge in [0.15, 0.2) is 18.1 Å². The normalized spacial score (nSPS) is 10.9. The topological polar surface area (TPSA) is 130 Å². The number of fused-ring (bicyclic) bond motifs is 1. The number of nitrogens with zero attached hydrogens (tertiary/aromatic N) is 3. The third-order valence-corrected chi connectivity index (χ3v) is 4.13. The number of pyridine rings is 1. The average molecular weight is 425 g/mol. The monoisotopic (exact) mass is 424 g/mol. The van der Waals surface area contributed by atoms with Crippen molar-refractivity contribution in [2.45, 2.75) is 20.5 Å². The highest BCUT2D eigenvalue weighted by Crippen LogP contribution is 2.29. The van der Waals surface area contributed by atoms with Crippen molar-refractivity contribution < 1.29 is 23.5 Å². The van der Waals surface area contributed by atoms with E-state index in [0.29, 0.717) is 5.76 Å². The van der Waals surface area contributed by atoms with E-state index in [-0.39, 0.29) is 57.4 Å². The number of ether oxygens (including phenoxy) is 2. The van der Waals surface area contributed by atoms with Crippen LogP contribution in [0, 0.1) is 6.92 Å². The zero-order valence-corrected chi connectivity index (χ0v) is 16.3. The SMILES string of the molecule is CCOC(=O)c1c(C)oc2nc(COC(=O)c3nc(Cl)ccc3Cl)nc(N)c12. The molecule has 0 aliphatic carbocycles. The first kappa shape index (κ1) is 19.8. The molecule has 28 heavy (non-hydrogen) atoms. The quantitative estimate of drug-likeness (QED) is 0.483. The second kappa shape index (κ2) is 7.99. The number of esters is 2. The summed E-state index contributed by atoms with van der Waals surface area (Å²) < 4.78 is 15.6. The number of hydrogen-bond donors (Lipinski definition) is 1. The summed E-state index contributed by atoms with van der Waals surface area (Å²) in [5, 5.41) is 0.424. The van der Waals surface area contributed by atoms with Crippen LogP contribution in [-0.2, 0) is 16.1 Å². The zero-order chi connectivity index (χ0) is 20.4. The molecule has 146 valence electrons. The summed E-state index contributed by atoms with van der Waals surface area (Å²) in [7, 11) is 0. The van der Waals surface area contributed by atoms with Crippen molar-refractivity contribution in [2.24, 2.45) is 0 Å². The van der Waals surface area contributed by atoms with Crippen LogP contribution in [0.3, 0.4) is 0 Å². The Morgan fingerprint density at radius 3 is 2.61 bits per heavy atom. The number of halogens is 2. The fourth-order valence-electron chi connectivity index (χ4n) is 2.46. The van der Waals surface area contributed by atoms with Gasteiger partial charge in [0.2, 0.25) is 5.71 Å². The van der Waals surface area contributed by atoms with Crippen molar-refractivity contribution in [1.29, 1.82) is 0 Å². The van der Waals surface area contributed by atoms with Gasteiger partial charge in [0.25, 0.3) is 0 Å². The third-order valence-electron chi connectivity index (χ3n) is 3.62. The molecule has 3 rings (SSSR count). The Labute approximate surface area is 168 Å². The Bertz CT molecular complexity index is 1080. The van der Waals surface area contributed by atoms with Gasteiger partial charge in [-0.2, -0.15) is 4.98 Å². The second-order valence-electron chi connectivity index (χ2n) is 5.50. The predicted molar refractivity (Wildman–Crippen MR) is 100 cm³/mol. The zero-order valence-electron chi connectivity index (χ0n) is 14.8. The van der Waals surface area contributed by atoms with E-state index in [0.717, 1.165) is 0 Å². The molecule has 3 heterocycles. The van der Waals surface area contributed by atoms with Crippen molar-refractivity contribution in [1.82, 2.24) is 15.0 Å². The molecule has 0 atom stereocenters. The van der Waals surface area contributed by atoms with E-state index >= 15 is 0 Å². The van der Waals surface area contributed by atoms with E-state index in [9.17, 15) is 9.59 Å². The molecule has 0 amide bonds. The lowest BCUT2D eigenvalue weighted by Crippen LogP contribution is -2.11. The van der Waals surface area contributed by atoms with Gasteiger partial charge in [-0.25, -0.2) is 19.6 Å². The van der Waals surface area contributed by atoms with Crippen LogP contribution in [0.4, 0.5) is 5.82 Å². The molecular formula is C17H14Cl2N4O5. The molecule has 0 spiro atoms. The van der Waals surface area contributed by atoms with Gasteiger partial charge in [0, 0.05) is 0 Å². The van der Waals surface area contributed by atoms with E-state index in [4.69, 9.17) is 42.8 Å². The molecular weight excluding hydrogens is 411 g/mol. The highest BCUT2D eigenvalue weighted by molar-refractivity contribution is 6.34. The first-order valence-electron chi connectivity index (χ1n) is 8.03. The standard InChI is InChI=1S/C17H14Cl2N4O5/c1-3-26-16(24)11-7(2)28-15-12(11)14(20)22-10(23-15)6-27-17(25)13-8(18)4-5-9(19)21-13/h4-5H,3,6H2,1-2H3,(H2,20,22,23). The van der Waals surface area contributed by atoms with Crippen molar-refractivity contribution >= 4 is 52.1 Å². The van der Waals surface area contributed by atoms with E-state index in [1.54, 1.807) is 13.8 Å². The Kier molecular flexibility index (Phi) is 5.66. The Morgan fingerprint density at radius 2 is 1.89 bits per heavy atom. The summed E-state index contributed by atoms with van der Waals surface area (Å²) in [6.07, 6.45) is 0. The maximum absolute atomic E-state index is 12.2. The fraction of sp³-hybridized carbons (Fsp3) is 0.235. The van der Waals surface area contributed by atoms with E-state index < -0.39 is 11.9 Å². The van der Waals surface area contributed by atoms with E-state index in [2.05, 4.69) is 15.0 Å². The van der Waals surface area contributed by atoms with Gasteiger partial charge in [-0.05, 0) is 26.0 Å². The highest BCUT2D eigenvalue weighted by Gasteiger charge is 2.24. The van der Waals surface area contributed by atoms with Crippen LogP contribution in [0.15, 0.2) is 16.5 Å². The van der Waals surface area contributed by atoms with Crippen LogP contribution in [0.5, 0.6) is 0 Å². The van der Waals surface area contributed by atoms with Crippen LogP contribution in [0.25, 0.3) is 11.1 Å². The number of nitrogen functional groups attached to an aromatic ring is 1. The molecule has 11 heteroatoms. The number of nitrogens with two attached hydrogens (primary N) is 1. The number of aromatic nitrogens is 3. The maximum Gasteiger partial charge on any atom is 0.358 e. The maximum atomic E-state index is 12.2. The summed E-state index contributed by atoms with van der Waals surface area (Å²) in [4.78, 5) is 36.3. The van der Waals surface area contributed by atoms with Gasteiger partial charge in [-0.3, -0.25) is 0 Å². The van der Waals surface area contributed by atoms with Gasteiger partial charge in [-0.1, -0.05) is 23.2 Å². The van der Waals surface area contributed by atoms with Crippen molar-refractivity contribution in [3.05, 3.63) is 45.2 Å². The lowest BCUT2D eigenvalue weighted by molar-refractivity contribution is 0.0454. The van der Waals surface area contributed by atoms with Gasteiger partial charge in [0.05, 0.1) is 17.0 Å². The minimum atomic E-state index is -0.808. The van der Waals surface area contributed by atoms with Gasteiger partial charge >= 0.3 is 11.9 Å². The minimum Gasteiger partial charge on any atom is -0.462 e. The number of rotatable bonds is 5. The number of carbonyl (C=O) groups is 2. The summed E-state index contributed by atoms with van der Waals surface area (Å²) in [5.74, 6) is -1.04. The van der Waals surface area contributed by atoms with Gasteiger partial charge in [-0.15, -0.1) is 0 Å². The predicted octanol–water partition coefficient (Wildman–Crippen LogP) is 3.35. The molecule has 0 bridgehead atoms. The first-order chi connectivity index (χ1) is 13.3. The molecule has 0 saturated carbocycles. The number of carbonyl (C=O) groups excluding carboxylic acids is 2. The van der Waals surface area contributed by atoms with Crippen LogP contribution >= 0.6 is 23.2 Å². The fourth-order valence-corrected chi connectivity index (χ4v) is 2.79. The highest BCUT2D eigenvalue weighted by atomic mass is 35.5. The molecule has 0 radical (unpaired) electrons. The molecule has 3 aromatic rings. The largest absolute Gasteiger partial charge is 0.462 e. The molecule has 0 aromatic carbocycles. The second-order valence-corrected chi connectivity index (χ2v) is 6.29. The van der Waals surface area contributed by atoms with Crippen LogP contribution in [0.2, 0.25) is 10.2 Å². The molecule has 9 nitrogen and oxygen atoms in total. The lowest BCUT2D eigenvalue weighted by atomic mass is 10.2. The number of hydrogen-bond acceptors (Lipinski definition) is 9. The molecule has 0 aliphatic heterocycles. The first-order valence-corrected chi connectivity index (χ1v) is 8.79. The average Bonchev–Trinajstić information content (AvgIpc) is 2.98. The summed E-state index contributed by atoms with van der Waals surface area (Å²) >= 11 is 11.7. The molecule has 0 unspecified atom stereocenters.